The van der Waals surface area contributed by atoms with Crippen LogP contribution in [0.25, 0.3) is 0 Å². The van der Waals surface area contributed by atoms with Gasteiger partial charge in [-0.2, -0.15) is 5.10 Å². The molecule has 0 aliphatic heterocycles. The van der Waals surface area contributed by atoms with Gasteiger partial charge in [-0.05, 0) is 61.0 Å². The molecule has 2 amide bonds. The van der Waals surface area contributed by atoms with Gasteiger partial charge in [-0.15, -0.1) is 0 Å². The second-order valence-electron chi connectivity index (χ2n) is 6.19. The topological polar surface area (TPSA) is 90.8 Å². The Labute approximate surface area is 162 Å². The lowest BCUT2D eigenvalue weighted by Gasteiger charge is -2.06. The third-order valence-electron chi connectivity index (χ3n) is 3.97. The van der Waals surface area contributed by atoms with Gasteiger partial charge in [0.15, 0.2) is 0 Å². The van der Waals surface area contributed by atoms with Crippen LogP contribution in [0.5, 0.6) is 5.75 Å². The van der Waals surface area contributed by atoms with Crippen LogP contribution in [0.15, 0.2) is 77.9 Å². The van der Waals surface area contributed by atoms with Gasteiger partial charge in [0.25, 0.3) is 11.8 Å². The number of carbonyl (C=O) groups excluding carboxylic acids is 2. The Bertz CT molecular complexity index is 1010. The summed E-state index contributed by atoms with van der Waals surface area (Å²) in [4.78, 5) is 24.3. The van der Waals surface area contributed by atoms with Crippen molar-refractivity contribution in [3.05, 3.63) is 95.1 Å². The summed E-state index contributed by atoms with van der Waals surface area (Å²) in [5.74, 6) is -0.501. The molecule has 0 saturated carbocycles. The van der Waals surface area contributed by atoms with Crippen molar-refractivity contribution in [3.63, 3.8) is 0 Å². The molecule has 0 saturated heterocycles. The first-order valence-corrected chi connectivity index (χ1v) is 8.62. The molecule has 28 heavy (non-hydrogen) atoms. The van der Waals surface area contributed by atoms with Crippen molar-refractivity contribution >= 4 is 23.7 Å². The summed E-state index contributed by atoms with van der Waals surface area (Å²) >= 11 is 0. The van der Waals surface area contributed by atoms with E-state index in [4.69, 9.17) is 0 Å². The normalized spacial score (nSPS) is 10.6. The van der Waals surface area contributed by atoms with Gasteiger partial charge >= 0.3 is 0 Å². The summed E-state index contributed by atoms with van der Waals surface area (Å²) in [5, 5.41) is 16.0. The molecule has 3 rings (SSSR count). The fourth-order valence-corrected chi connectivity index (χ4v) is 2.45. The maximum atomic E-state index is 12.3. The summed E-state index contributed by atoms with van der Waals surface area (Å²) in [6.07, 6.45) is 1.49. The molecular weight excluding hydrogens is 354 g/mol. The predicted octanol–water partition coefficient (Wildman–Crippen LogP) is 3.72. The summed E-state index contributed by atoms with van der Waals surface area (Å²) in [6.45, 7) is 1.96. The molecule has 3 aromatic carbocycles. The van der Waals surface area contributed by atoms with Crippen molar-refractivity contribution in [1.82, 2.24) is 5.43 Å². The number of aryl methyl sites for hydroxylation is 1. The fourth-order valence-electron chi connectivity index (χ4n) is 2.45. The number of rotatable bonds is 5. The Kier molecular flexibility index (Phi) is 5.81. The van der Waals surface area contributed by atoms with E-state index in [1.54, 1.807) is 36.4 Å². The van der Waals surface area contributed by atoms with Gasteiger partial charge in [-0.25, -0.2) is 5.43 Å². The first-order chi connectivity index (χ1) is 13.5. The van der Waals surface area contributed by atoms with E-state index in [2.05, 4.69) is 15.8 Å². The van der Waals surface area contributed by atoms with Crippen LogP contribution in [0.3, 0.4) is 0 Å². The van der Waals surface area contributed by atoms with Gasteiger partial charge in [0.2, 0.25) is 0 Å². The van der Waals surface area contributed by atoms with Crippen LogP contribution in [0.1, 0.15) is 31.8 Å². The lowest BCUT2D eigenvalue weighted by Crippen LogP contribution is -2.17. The fraction of sp³-hybridized carbons (Fsp3) is 0.0455. The lowest BCUT2D eigenvalue weighted by molar-refractivity contribution is 0.0954. The number of anilines is 1. The number of nitrogens with zero attached hydrogens (tertiary/aromatic N) is 1. The molecule has 0 aliphatic rings. The van der Waals surface area contributed by atoms with Crippen LogP contribution in [-0.2, 0) is 0 Å². The number of phenolic OH excluding ortho intramolecular Hbond substituents is 1. The largest absolute Gasteiger partial charge is 0.508 e. The molecule has 0 bridgehead atoms. The maximum absolute atomic E-state index is 12.3. The number of nitrogens with one attached hydrogen (secondary N) is 2. The van der Waals surface area contributed by atoms with Crippen LogP contribution in [0.4, 0.5) is 5.69 Å². The van der Waals surface area contributed by atoms with E-state index in [0.717, 1.165) is 5.56 Å². The minimum atomic E-state index is -0.389. The number of amides is 2. The Balaban J connectivity index is 1.61. The average Bonchev–Trinajstić information content (AvgIpc) is 2.69. The number of hydrazone groups is 1. The van der Waals surface area contributed by atoms with E-state index in [0.29, 0.717) is 22.4 Å². The number of hydrogen-bond acceptors (Lipinski definition) is 4. The molecular formula is C22H19N3O3. The first-order valence-electron chi connectivity index (χ1n) is 8.62. The van der Waals surface area contributed by atoms with Crippen LogP contribution in [0, 0.1) is 6.92 Å². The smallest absolute Gasteiger partial charge is 0.271 e. The van der Waals surface area contributed by atoms with E-state index in [1.165, 1.54) is 30.5 Å². The minimum Gasteiger partial charge on any atom is -0.508 e. The molecule has 140 valence electrons. The molecule has 6 nitrogen and oxygen atoms in total. The summed E-state index contributed by atoms with van der Waals surface area (Å²) < 4.78 is 0. The highest BCUT2D eigenvalue weighted by Crippen LogP contribution is 2.12. The molecule has 0 spiro atoms. The quantitative estimate of drug-likeness (QED) is 0.470. The van der Waals surface area contributed by atoms with Crippen molar-refractivity contribution in [3.8, 4) is 5.75 Å². The van der Waals surface area contributed by atoms with Crippen molar-refractivity contribution < 1.29 is 14.7 Å². The third-order valence-corrected chi connectivity index (χ3v) is 3.97. The SMILES string of the molecule is Cc1ccc(C(=O)Nc2cccc(/C=N/NC(=O)c3ccc(O)cc3)c2)cc1. The third kappa shape index (κ3) is 5.04. The van der Waals surface area contributed by atoms with Crippen LogP contribution < -0.4 is 10.7 Å². The molecule has 3 N–H and O–H groups in total. The minimum absolute atomic E-state index is 0.0875. The second-order valence-corrected chi connectivity index (χ2v) is 6.19. The maximum Gasteiger partial charge on any atom is 0.271 e. The molecule has 0 heterocycles. The van der Waals surface area contributed by atoms with E-state index < -0.39 is 0 Å². The molecule has 0 radical (unpaired) electrons. The van der Waals surface area contributed by atoms with Gasteiger partial charge in [0.05, 0.1) is 6.21 Å². The van der Waals surface area contributed by atoms with Gasteiger partial charge in [-0.3, -0.25) is 9.59 Å². The zero-order valence-corrected chi connectivity index (χ0v) is 15.2. The Hall–Kier alpha value is -3.93. The number of aromatic hydroxyl groups is 1. The predicted molar refractivity (Wildman–Crippen MR) is 109 cm³/mol. The number of carbonyl (C=O) groups is 2. The summed E-state index contributed by atoms with van der Waals surface area (Å²) in [5.41, 5.74) is 5.81. The lowest BCUT2D eigenvalue weighted by atomic mass is 10.1. The zero-order valence-electron chi connectivity index (χ0n) is 15.2. The first kappa shape index (κ1) is 18.8. The molecule has 0 fully saturated rings. The van der Waals surface area contributed by atoms with Gasteiger partial charge < -0.3 is 10.4 Å². The molecule has 0 aromatic heterocycles. The van der Waals surface area contributed by atoms with Crippen LogP contribution in [0.2, 0.25) is 0 Å². The Morgan fingerprint density at radius 3 is 2.25 bits per heavy atom. The van der Waals surface area contributed by atoms with E-state index in [-0.39, 0.29) is 17.6 Å². The number of hydrogen-bond donors (Lipinski definition) is 3. The summed E-state index contributed by atoms with van der Waals surface area (Å²) in [7, 11) is 0. The molecule has 6 heteroatoms. The standard InChI is InChI=1S/C22H19N3O3/c1-15-5-7-17(8-6-15)21(27)24-19-4-2-3-16(13-19)14-23-25-22(28)18-9-11-20(26)12-10-18/h2-14,26H,1H3,(H,24,27)(H,25,28)/b23-14+. The van der Waals surface area contributed by atoms with Crippen LogP contribution in [-0.4, -0.2) is 23.1 Å². The van der Waals surface area contributed by atoms with E-state index in [9.17, 15) is 14.7 Å². The highest BCUT2D eigenvalue weighted by molar-refractivity contribution is 6.04. The second kappa shape index (κ2) is 8.64. The van der Waals surface area contributed by atoms with Crippen molar-refractivity contribution in [2.24, 2.45) is 5.10 Å². The Morgan fingerprint density at radius 1 is 0.893 bits per heavy atom. The van der Waals surface area contributed by atoms with Gasteiger partial charge in [0.1, 0.15) is 5.75 Å². The van der Waals surface area contributed by atoms with Crippen LogP contribution >= 0.6 is 0 Å². The summed E-state index contributed by atoms with van der Waals surface area (Å²) in [6, 6.07) is 20.3. The van der Waals surface area contributed by atoms with Gasteiger partial charge in [0, 0.05) is 16.8 Å². The zero-order chi connectivity index (χ0) is 19.9. The highest BCUT2D eigenvalue weighted by Gasteiger charge is 2.06. The highest BCUT2D eigenvalue weighted by atomic mass is 16.3. The van der Waals surface area contributed by atoms with Gasteiger partial charge in [-0.1, -0.05) is 29.8 Å². The molecule has 3 aromatic rings. The van der Waals surface area contributed by atoms with E-state index in [1.807, 2.05) is 19.1 Å². The molecule has 0 atom stereocenters. The van der Waals surface area contributed by atoms with E-state index >= 15 is 0 Å². The number of benzene rings is 3. The average molecular weight is 373 g/mol. The monoisotopic (exact) mass is 373 g/mol. The number of phenols is 1. The molecule has 0 aliphatic carbocycles. The van der Waals surface area contributed by atoms with Crippen molar-refractivity contribution in [2.75, 3.05) is 5.32 Å². The Morgan fingerprint density at radius 2 is 1.54 bits per heavy atom. The van der Waals surface area contributed by atoms with Crippen molar-refractivity contribution in [2.45, 2.75) is 6.92 Å². The van der Waals surface area contributed by atoms with Crippen molar-refractivity contribution in [1.29, 1.82) is 0 Å². The molecule has 0 unspecified atom stereocenters.